The van der Waals surface area contributed by atoms with E-state index in [4.69, 9.17) is 4.74 Å². The second-order valence-electron chi connectivity index (χ2n) is 5.53. The molecule has 5 nitrogen and oxygen atoms in total. The van der Waals surface area contributed by atoms with E-state index in [1.54, 1.807) is 0 Å². The van der Waals surface area contributed by atoms with Gasteiger partial charge in [0.2, 0.25) is 0 Å². The molecule has 0 spiro atoms. The van der Waals surface area contributed by atoms with E-state index in [0.717, 1.165) is 31.0 Å². The summed E-state index contributed by atoms with van der Waals surface area (Å²) in [5.41, 5.74) is 2.09. The van der Waals surface area contributed by atoms with Crippen molar-refractivity contribution in [3.05, 3.63) is 48.3 Å². The lowest BCUT2D eigenvalue weighted by atomic mass is 10.2. The van der Waals surface area contributed by atoms with Gasteiger partial charge < -0.3 is 9.84 Å². The molecule has 2 atom stereocenters. The van der Waals surface area contributed by atoms with Crippen LogP contribution in [0.15, 0.2) is 42.6 Å². The molecule has 1 saturated heterocycles. The maximum Gasteiger partial charge on any atom is 0.0936 e. The molecule has 1 aliphatic heterocycles. The van der Waals surface area contributed by atoms with Gasteiger partial charge in [0.1, 0.15) is 0 Å². The summed E-state index contributed by atoms with van der Waals surface area (Å²) in [5.74, 6) is 0. The van der Waals surface area contributed by atoms with Gasteiger partial charge in [-0.25, -0.2) is 4.68 Å². The van der Waals surface area contributed by atoms with Gasteiger partial charge in [-0.3, -0.25) is 4.90 Å². The summed E-state index contributed by atoms with van der Waals surface area (Å²) in [6.45, 7) is 4.51. The van der Waals surface area contributed by atoms with Crippen LogP contribution in [0.4, 0.5) is 0 Å². The molecule has 21 heavy (non-hydrogen) atoms. The van der Waals surface area contributed by atoms with E-state index in [-0.39, 0.29) is 18.8 Å². The average Bonchev–Trinajstić information content (AvgIpc) is 2.96. The zero-order valence-corrected chi connectivity index (χ0v) is 12.2. The Kier molecular flexibility index (Phi) is 4.34. The van der Waals surface area contributed by atoms with Gasteiger partial charge >= 0.3 is 0 Å². The van der Waals surface area contributed by atoms with Crippen LogP contribution in [0.25, 0.3) is 5.69 Å². The van der Waals surface area contributed by atoms with Crippen LogP contribution in [0.3, 0.4) is 0 Å². The first kappa shape index (κ1) is 14.3. The van der Waals surface area contributed by atoms with Gasteiger partial charge in [0.25, 0.3) is 0 Å². The van der Waals surface area contributed by atoms with Crippen molar-refractivity contribution >= 4 is 0 Å². The number of aliphatic hydroxyl groups is 1. The molecule has 1 aromatic heterocycles. The van der Waals surface area contributed by atoms with E-state index in [9.17, 15) is 5.11 Å². The van der Waals surface area contributed by atoms with Gasteiger partial charge in [0.05, 0.1) is 30.2 Å². The molecule has 0 radical (unpaired) electrons. The zero-order valence-electron chi connectivity index (χ0n) is 12.2. The fourth-order valence-corrected chi connectivity index (χ4v) is 2.77. The number of rotatable bonds is 4. The van der Waals surface area contributed by atoms with Crippen LogP contribution >= 0.6 is 0 Å². The van der Waals surface area contributed by atoms with Gasteiger partial charge in [-0.1, -0.05) is 18.2 Å². The first-order valence-electron chi connectivity index (χ1n) is 7.33. The normalized spacial score (nSPS) is 23.3. The van der Waals surface area contributed by atoms with Crippen LogP contribution in [-0.4, -0.2) is 51.7 Å². The summed E-state index contributed by atoms with van der Waals surface area (Å²) in [5, 5.41) is 13.9. The van der Waals surface area contributed by atoms with Crippen molar-refractivity contribution in [3.8, 4) is 5.69 Å². The highest BCUT2D eigenvalue weighted by atomic mass is 16.5. The number of para-hydroxylation sites is 1. The van der Waals surface area contributed by atoms with Crippen molar-refractivity contribution in [3.63, 3.8) is 0 Å². The second kappa shape index (κ2) is 6.39. The monoisotopic (exact) mass is 287 g/mol. The van der Waals surface area contributed by atoms with Crippen LogP contribution in [0.5, 0.6) is 0 Å². The lowest BCUT2D eigenvalue weighted by Crippen LogP contribution is -2.47. The van der Waals surface area contributed by atoms with Crippen molar-refractivity contribution in [2.24, 2.45) is 0 Å². The zero-order chi connectivity index (χ0) is 14.7. The number of aromatic nitrogens is 2. The lowest BCUT2D eigenvalue weighted by molar-refractivity contribution is -0.0975. The molecular weight excluding hydrogens is 266 g/mol. The Bertz CT molecular complexity index is 570. The highest BCUT2D eigenvalue weighted by Crippen LogP contribution is 2.14. The van der Waals surface area contributed by atoms with Crippen molar-refractivity contribution in [1.82, 2.24) is 14.7 Å². The van der Waals surface area contributed by atoms with Crippen molar-refractivity contribution < 1.29 is 9.84 Å². The van der Waals surface area contributed by atoms with E-state index in [0.29, 0.717) is 0 Å². The topological polar surface area (TPSA) is 50.5 Å². The molecular formula is C16H21N3O2. The molecule has 5 heteroatoms. The number of hydrogen-bond acceptors (Lipinski definition) is 4. The third kappa shape index (κ3) is 3.50. The Morgan fingerprint density at radius 3 is 2.81 bits per heavy atom. The smallest absolute Gasteiger partial charge is 0.0936 e. The van der Waals surface area contributed by atoms with Gasteiger partial charge in [-0.2, -0.15) is 5.10 Å². The molecule has 1 fully saturated rings. The first-order chi connectivity index (χ1) is 10.2. The third-order valence-electron chi connectivity index (χ3n) is 3.66. The largest absolute Gasteiger partial charge is 0.394 e. The molecule has 0 aliphatic carbocycles. The van der Waals surface area contributed by atoms with Gasteiger partial charge in [0.15, 0.2) is 0 Å². The molecule has 112 valence electrons. The van der Waals surface area contributed by atoms with Crippen molar-refractivity contribution in [2.75, 3.05) is 19.7 Å². The van der Waals surface area contributed by atoms with Crippen LogP contribution in [0.1, 0.15) is 12.6 Å². The molecule has 0 amide bonds. The lowest BCUT2D eigenvalue weighted by Gasteiger charge is -2.35. The molecule has 3 rings (SSSR count). The maximum absolute atomic E-state index is 9.27. The maximum atomic E-state index is 9.27. The van der Waals surface area contributed by atoms with E-state index >= 15 is 0 Å². The molecule has 0 bridgehead atoms. The van der Waals surface area contributed by atoms with Crippen LogP contribution in [0, 0.1) is 0 Å². The molecule has 0 saturated carbocycles. The fraction of sp³-hybridized carbons (Fsp3) is 0.438. The molecule has 1 aliphatic rings. The van der Waals surface area contributed by atoms with Gasteiger partial charge in [-0.05, 0) is 25.1 Å². The average molecular weight is 287 g/mol. The van der Waals surface area contributed by atoms with Crippen LogP contribution in [0.2, 0.25) is 0 Å². The summed E-state index contributed by atoms with van der Waals surface area (Å²) in [6, 6.07) is 12.1. The number of nitrogens with zero attached hydrogens (tertiary/aromatic N) is 3. The highest BCUT2D eigenvalue weighted by Gasteiger charge is 2.25. The summed E-state index contributed by atoms with van der Waals surface area (Å²) in [4.78, 5) is 2.28. The first-order valence-corrected chi connectivity index (χ1v) is 7.33. The second-order valence-corrected chi connectivity index (χ2v) is 5.53. The molecule has 2 unspecified atom stereocenters. The van der Waals surface area contributed by atoms with Crippen molar-refractivity contribution in [1.29, 1.82) is 0 Å². The van der Waals surface area contributed by atoms with E-state index in [1.807, 2.05) is 54.2 Å². The number of aliphatic hydroxyl groups excluding tert-OH is 1. The summed E-state index contributed by atoms with van der Waals surface area (Å²) < 4.78 is 7.55. The number of benzene rings is 1. The summed E-state index contributed by atoms with van der Waals surface area (Å²) in [7, 11) is 0. The van der Waals surface area contributed by atoms with E-state index in [1.165, 1.54) is 0 Å². The van der Waals surface area contributed by atoms with Gasteiger partial charge in [-0.15, -0.1) is 0 Å². The van der Waals surface area contributed by atoms with Crippen LogP contribution in [-0.2, 0) is 11.3 Å². The Morgan fingerprint density at radius 2 is 2.05 bits per heavy atom. The van der Waals surface area contributed by atoms with Crippen LogP contribution < -0.4 is 0 Å². The Morgan fingerprint density at radius 1 is 1.24 bits per heavy atom. The fourth-order valence-electron chi connectivity index (χ4n) is 2.77. The predicted molar refractivity (Wildman–Crippen MR) is 80.3 cm³/mol. The highest BCUT2D eigenvalue weighted by molar-refractivity contribution is 5.30. The minimum Gasteiger partial charge on any atom is -0.394 e. The SMILES string of the molecule is CC1CN(Cc2ccn(-c3ccccc3)n2)CC(CO)O1. The standard InChI is InChI=1S/C16H21N3O2/c1-13-9-18(11-16(12-20)21-13)10-14-7-8-19(17-14)15-5-3-2-4-6-15/h2-8,13,16,20H,9-12H2,1H3. The molecule has 1 aromatic carbocycles. The minimum absolute atomic E-state index is 0.0687. The Hall–Kier alpha value is -1.69. The predicted octanol–water partition coefficient (Wildman–Crippen LogP) is 1.45. The quantitative estimate of drug-likeness (QED) is 0.925. The number of ether oxygens (including phenoxy) is 1. The van der Waals surface area contributed by atoms with E-state index < -0.39 is 0 Å². The molecule has 2 heterocycles. The summed E-state index contributed by atoms with van der Waals surface area (Å²) in [6.07, 6.45) is 2.04. The third-order valence-corrected chi connectivity index (χ3v) is 3.66. The van der Waals surface area contributed by atoms with E-state index in [2.05, 4.69) is 10.00 Å². The number of morpholine rings is 1. The Labute approximate surface area is 124 Å². The molecule has 1 N–H and O–H groups in total. The Balaban J connectivity index is 1.67. The molecule has 2 aromatic rings. The summed E-state index contributed by atoms with van der Waals surface area (Å²) >= 11 is 0. The number of hydrogen-bond donors (Lipinski definition) is 1. The van der Waals surface area contributed by atoms with Crippen molar-refractivity contribution in [2.45, 2.75) is 25.7 Å². The minimum atomic E-state index is -0.0926. The van der Waals surface area contributed by atoms with Gasteiger partial charge in [0, 0.05) is 25.8 Å².